The molecule has 0 spiro atoms. The Morgan fingerprint density at radius 1 is 1.28 bits per heavy atom. The standard InChI is InChI=1S/C17H19N3O5/c1-5-25-17(22)15-10(2)14(11(3)19(15)4)16(21)18-12-8-6-7-9-13(12)20(23)24/h6-9H,5H2,1-4H3,(H,18,21). The zero-order valence-corrected chi connectivity index (χ0v) is 14.5. The largest absolute Gasteiger partial charge is 0.461 e. The predicted octanol–water partition coefficient (Wildman–Crippen LogP) is 2.98. The molecule has 0 radical (unpaired) electrons. The van der Waals surface area contributed by atoms with Gasteiger partial charge >= 0.3 is 5.97 Å². The first kappa shape index (κ1) is 18.2. The van der Waals surface area contributed by atoms with E-state index in [1.54, 1.807) is 38.5 Å². The molecule has 25 heavy (non-hydrogen) atoms. The quantitative estimate of drug-likeness (QED) is 0.510. The third kappa shape index (κ3) is 3.37. The lowest BCUT2D eigenvalue weighted by Gasteiger charge is -2.07. The third-order valence-electron chi connectivity index (χ3n) is 3.98. The number of esters is 1. The number of ether oxygens (including phenoxy) is 1. The minimum Gasteiger partial charge on any atom is -0.461 e. The molecule has 1 heterocycles. The summed E-state index contributed by atoms with van der Waals surface area (Å²) >= 11 is 0. The van der Waals surface area contributed by atoms with Gasteiger partial charge in [0.2, 0.25) is 0 Å². The molecule has 0 aliphatic rings. The number of para-hydroxylation sites is 2. The van der Waals surface area contributed by atoms with Crippen LogP contribution in [0.15, 0.2) is 24.3 Å². The van der Waals surface area contributed by atoms with Gasteiger partial charge in [-0.15, -0.1) is 0 Å². The molecular weight excluding hydrogens is 326 g/mol. The summed E-state index contributed by atoms with van der Waals surface area (Å²) in [5.74, 6) is -1.04. The lowest BCUT2D eigenvalue weighted by atomic mass is 10.1. The average molecular weight is 345 g/mol. The molecule has 0 aliphatic carbocycles. The maximum absolute atomic E-state index is 12.7. The summed E-state index contributed by atoms with van der Waals surface area (Å²) < 4.78 is 6.61. The highest BCUT2D eigenvalue weighted by molar-refractivity contribution is 6.09. The van der Waals surface area contributed by atoms with Crippen LogP contribution in [0.5, 0.6) is 0 Å². The van der Waals surface area contributed by atoms with E-state index in [0.717, 1.165) is 0 Å². The van der Waals surface area contributed by atoms with Crippen molar-refractivity contribution < 1.29 is 19.2 Å². The zero-order chi connectivity index (χ0) is 18.7. The van der Waals surface area contributed by atoms with Crippen LogP contribution in [-0.4, -0.2) is 28.0 Å². The van der Waals surface area contributed by atoms with Gasteiger partial charge < -0.3 is 14.6 Å². The summed E-state index contributed by atoms with van der Waals surface area (Å²) in [5, 5.41) is 13.6. The minimum absolute atomic E-state index is 0.0952. The Labute approximate surface area is 144 Å². The molecule has 0 unspecified atom stereocenters. The number of rotatable bonds is 5. The second-order valence-electron chi connectivity index (χ2n) is 5.44. The van der Waals surface area contributed by atoms with E-state index < -0.39 is 16.8 Å². The van der Waals surface area contributed by atoms with Gasteiger partial charge in [-0.3, -0.25) is 14.9 Å². The number of nitrogens with zero attached hydrogens (tertiary/aromatic N) is 2. The second kappa shape index (κ2) is 7.16. The van der Waals surface area contributed by atoms with Crippen molar-refractivity contribution in [2.24, 2.45) is 7.05 Å². The lowest BCUT2D eigenvalue weighted by Crippen LogP contribution is -2.15. The van der Waals surface area contributed by atoms with Crippen molar-refractivity contribution in [3.8, 4) is 0 Å². The molecule has 0 saturated heterocycles. The monoisotopic (exact) mass is 345 g/mol. The number of benzene rings is 1. The van der Waals surface area contributed by atoms with Crippen LogP contribution >= 0.6 is 0 Å². The molecule has 0 aliphatic heterocycles. The first-order chi connectivity index (χ1) is 11.8. The minimum atomic E-state index is -0.565. The molecule has 1 aromatic carbocycles. The first-order valence-electron chi connectivity index (χ1n) is 7.67. The van der Waals surface area contributed by atoms with Crippen molar-refractivity contribution in [1.29, 1.82) is 0 Å². The van der Waals surface area contributed by atoms with Crippen LogP contribution in [0, 0.1) is 24.0 Å². The van der Waals surface area contributed by atoms with Crippen molar-refractivity contribution >= 4 is 23.3 Å². The van der Waals surface area contributed by atoms with Gasteiger partial charge in [0, 0.05) is 18.8 Å². The molecule has 1 N–H and O–H groups in total. The summed E-state index contributed by atoms with van der Waals surface area (Å²) in [4.78, 5) is 35.3. The van der Waals surface area contributed by atoms with Gasteiger partial charge in [0.1, 0.15) is 11.4 Å². The van der Waals surface area contributed by atoms with Crippen LogP contribution in [0.4, 0.5) is 11.4 Å². The number of aromatic nitrogens is 1. The van der Waals surface area contributed by atoms with Crippen LogP contribution in [0.3, 0.4) is 0 Å². The van der Waals surface area contributed by atoms with E-state index in [-0.39, 0.29) is 23.7 Å². The van der Waals surface area contributed by atoms with Gasteiger partial charge in [0.15, 0.2) is 0 Å². The highest BCUT2D eigenvalue weighted by Gasteiger charge is 2.26. The number of carbonyl (C=O) groups excluding carboxylic acids is 2. The van der Waals surface area contributed by atoms with Gasteiger partial charge in [-0.1, -0.05) is 12.1 Å². The highest BCUT2D eigenvalue weighted by Crippen LogP contribution is 2.27. The first-order valence-corrected chi connectivity index (χ1v) is 7.67. The zero-order valence-electron chi connectivity index (χ0n) is 14.5. The van der Waals surface area contributed by atoms with E-state index in [2.05, 4.69) is 5.32 Å². The van der Waals surface area contributed by atoms with Crippen molar-refractivity contribution in [3.05, 3.63) is 56.9 Å². The molecular formula is C17H19N3O5. The van der Waals surface area contributed by atoms with Gasteiger partial charge in [0.25, 0.3) is 11.6 Å². The molecule has 132 valence electrons. The summed E-state index contributed by atoms with van der Waals surface area (Å²) in [6, 6.07) is 5.88. The number of hydrogen-bond donors (Lipinski definition) is 1. The van der Waals surface area contributed by atoms with Crippen LogP contribution in [0.25, 0.3) is 0 Å². The average Bonchev–Trinajstić information content (AvgIpc) is 2.77. The van der Waals surface area contributed by atoms with Gasteiger partial charge in [0.05, 0.1) is 17.1 Å². The number of carbonyl (C=O) groups is 2. The topological polar surface area (TPSA) is 103 Å². The Balaban J connectivity index is 2.43. The highest BCUT2D eigenvalue weighted by atomic mass is 16.6. The Hall–Kier alpha value is -3.16. The van der Waals surface area contributed by atoms with E-state index in [1.165, 1.54) is 18.2 Å². The van der Waals surface area contributed by atoms with Crippen molar-refractivity contribution in [2.75, 3.05) is 11.9 Å². The number of hydrogen-bond acceptors (Lipinski definition) is 5. The normalized spacial score (nSPS) is 10.4. The van der Waals surface area contributed by atoms with Gasteiger partial charge in [-0.2, -0.15) is 0 Å². The Morgan fingerprint density at radius 3 is 2.52 bits per heavy atom. The lowest BCUT2D eigenvalue weighted by molar-refractivity contribution is -0.383. The summed E-state index contributed by atoms with van der Waals surface area (Å²) in [5.41, 5.74) is 1.51. The summed E-state index contributed by atoms with van der Waals surface area (Å²) in [6.07, 6.45) is 0. The molecule has 0 saturated carbocycles. The SMILES string of the molecule is CCOC(=O)c1c(C)c(C(=O)Nc2ccccc2[N+](=O)[O-])c(C)n1C. The van der Waals surface area contributed by atoms with E-state index in [4.69, 9.17) is 4.74 Å². The molecule has 0 fully saturated rings. The van der Waals surface area contributed by atoms with Crippen molar-refractivity contribution in [3.63, 3.8) is 0 Å². The fraction of sp³-hybridized carbons (Fsp3) is 0.294. The summed E-state index contributed by atoms with van der Waals surface area (Å²) in [6.45, 7) is 5.27. The van der Waals surface area contributed by atoms with E-state index >= 15 is 0 Å². The maximum atomic E-state index is 12.7. The van der Waals surface area contributed by atoms with Crippen molar-refractivity contribution in [2.45, 2.75) is 20.8 Å². The number of nitrogens with one attached hydrogen (secondary N) is 1. The van der Waals surface area contributed by atoms with E-state index in [9.17, 15) is 19.7 Å². The fourth-order valence-electron chi connectivity index (χ4n) is 2.72. The van der Waals surface area contributed by atoms with Crippen LogP contribution in [-0.2, 0) is 11.8 Å². The Bertz CT molecular complexity index is 854. The number of nitro benzene ring substituents is 1. The van der Waals surface area contributed by atoms with Crippen molar-refractivity contribution in [1.82, 2.24) is 4.57 Å². The molecule has 2 aromatic rings. The van der Waals surface area contributed by atoms with Crippen LogP contribution in [0.1, 0.15) is 39.0 Å². The molecule has 0 atom stereocenters. The molecule has 1 aromatic heterocycles. The van der Waals surface area contributed by atoms with Gasteiger partial charge in [-0.05, 0) is 32.4 Å². The van der Waals surface area contributed by atoms with Crippen LogP contribution < -0.4 is 5.32 Å². The van der Waals surface area contributed by atoms with E-state index in [0.29, 0.717) is 16.8 Å². The molecule has 8 nitrogen and oxygen atoms in total. The third-order valence-corrected chi connectivity index (χ3v) is 3.98. The molecule has 0 bridgehead atoms. The Morgan fingerprint density at radius 2 is 1.92 bits per heavy atom. The number of nitro groups is 1. The van der Waals surface area contributed by atoms with E-state index in [1.807, 2.05) is 0 Å². The fourth-order valence-corrected chi connectivity index (χ4v) is 2.72. The predicted molar refractivity (Wildman–Crippen MR) is 91.9 cm³/mol. The molecule has 1 amide bonds. The summed E-state index contributed by atoms with van der Waals surface area (Å²) in [7, 11) is 1.66. The number of amides is 1. The molecule has 8 heteroatoms. The van der Waals surface area contributed by atoms with Crippen LogP contribution in [0.2, 0.25) is 0 Å². The smallest absolute Gasteiger partial charge is 0.355 e. The Kier molecular flexibility index (Phi) is 5.21. The van der Waals surface area contributed by atoms with Gasteiger partial charge in [-0.25, -0.2) is 4.79 Å². The maximum Gasteiger partial charge on any atom is 0.355 e. The number of anilines is 1. The second-order valence-corrected chi connectivity index (χ2v) is 5.44. The molecule has 2 rings (SSSR count).